The van der Waals surface area contributed by atoms with Gasteiger partial charge in [-0.15, -0.1) is 0 Å². The van der Waals surface area contributed by atoms with E-state index in [4.69, 9.17) is 0 Å². The SMILES string of the molecule is O=C(NC1(C(F)F)CCCCC1)c1ccc(N2CCC2)nc1. The molecule has 1 saturated carbocycles. The highest BCUT2D eigenvalue weighted by Gasteiger charge is 2.42. The molecule has 4 nitrogen and oxygen atoms in total. The Morgan fingerprint density at radius 1 is 1.18 bits per heavy atom. The van der Waals surface area contributed by atoms with Crippen molar-refractivity contribution in [2.45, 2.75) is 50.5 Å². The predicted molar refractivity (Wildman–Crippen MR) is 80.4 cm³/mol. The third kappa shape index (κ3) is 2.91. The van der Waals surface area contributed by atoms with Crippen molar-refractivity contribution in [2.75, 3.05) is 18.0 Å². The summed E-state index contributed by atoms with van der Waals surface area (Å²) in [5, 5.41) is 2.58. The van der Waals surface area contributed by atoms with Gasteiger partial charge in [-0.2, -0.15) is 0 Å². The first kappa shape index (κ1) is 15.2. The minimum atomic E-state index is -2.54. The molecule has 0 unspecified atom stereocenters. The molecule has 0 atom stereocenters. The van der Waals surface area contributed by atoms with Gasteiger partial charge in [0.25, 0.3) is 12.3 Å². The van der Waals surface area contributed by atoms with Gasteiger partial charge >= 0.3 is 0 Å². The van der Waals surface area contributed by atoms with Crippen molar-refractivity contribution in [2.24, 2.45) is 0 Å². The standard InChI is InChI=1S/C16H21F2N3O/c17-15(18)16(7-2-1-3-8-16)20-14(22)12-5-6-13(19-11-12)21-9-4-10-21/h5-6,11,15H,1-4,7-10H2,(H,20,22). The molecule has 6 heteroatoms. The Bertz CT molecular complexity index is 523. The molecular formula is C16H21F2N3O. The van der Waals surface area contributed by atoms with E-state index in [0.717, 1.165) is 44.6 Å². The van der Waals surface area contributed by atoms with E-state index in [0.29, 0.717) is 18.4 Å². The number of nitrogens with one attached hydrogen (secondary N) is 1. The topological polar surface area (TPSA) is 45.2 Å². The number of amides is 1. The van der Waals surface area contributed by atoms with Crippen LogP contribution < -0.4 is 10.2 Å². The summed E-state index contributed by atoms with van der Waals surface area (Å²) < 4.78 is 26.9. The minimum Gasteiger partial charge on any atom is -0.356 e. The second-order valence-corrected chi connectivity index (χ2v) is 6.22. The lowest BCUT2D eigenvalue weighted by Crippen LogP contribution is -2.55. The number of alkyl halides is 2. The van der Waals surface area contributed by atoms with Gasteiger partial charge in [0.15, 0.2) is 0 Å². The van der Waals surface area contributed by atoms with Crippen molar-refractivity contribution in [3.63, 3.8) is 0 Å². The zero-order valence-electron chi connectivity index (χ0n) is 12.5. The van der Waals surface area contributed by atoms with Gasteiger partial charge in [0.2, 0.25) is 0 Å². The highest BCUT2D eigenvalue weighted by molar-refractivity contribution is 5.94. The van der Waals surface area contributed by atoms with E-state index < -0.39 is 17.9 Å². The Balaban J connectivity index is 1.69. The molecule has 120 valence electrons. The van der Waals surface area contributed by atoms with E-state index in [-0.39, 0.29) is 0 Å². The van der Waals surface area contributed by atoms with Crippen LogP contribution in [0.1, 0.15) is 48.9 Å². The number of halogens is 2. The zero-order chi connectivity index (χ0) is 15.6. The van der Waals surface area contributed by atoms with Crippen LogP contribution >= 0.6 is 0 Å². The van der Waals surface area contributed by atoms with Crippen molar-refractivity contribution in [3.8, 4) is 0 Å². The van der Waals surface area contributed by atoms with Gasteiger partial charge in [-0.25, -0.2) is 13.8 Å². The Labute approximate surface area is 128 Å². The van der Waals surface area contributed by atoms with Gasteiger partial charge in [-0.05, 0) is 31.4 Å². The molecule has 1 aliphatic carbocycles. The van der Waals surface area contributed by atoms with Crippen LogP contribution in [0.15, 0.2) is 18.3 Å². The summed E-state index contributed by atoms with van der Waals surface area (Å²) >= 11 is 0. The van der Waals surface area contributed by atoms with Gasteiger partial charge in [-0.1, -0.05) is 19.3 Å². The molecule has 22 heavy (non-hydrogen) atoms. The number of nitrogens with zero attached hydrogens (tertiary/aromatic N) is 2. The maximum Gasteiger partial charge on any atom is 0.261 e. The van der Waals surface area contributed by atoms with Crippen LogP contribution in [0, 0.1) is 0 Å². The van der Waals surface area contributed by atoms with Crippen molar-refractivity contribution >= 4 is 11.7 Å². The Morgan fingerprint density at radius 3 is 2.41 bits per heavy atom. The summed E-state index contributed by atoms with van der Waals surface area (Å²) in [5.41, 5.74) is -1.03. The molecule has 0 aromatic carbocycles. The quantitative estimate of drug-likeness (QED) is 0.930. The Morgan fingerprint density at radius 2 is 1.91 bits per heavy atom. The van der Waals surface area contributed by atoms with Crippen molar-refractivity contribution in [1.82, 2.24) is 10.3 Å². The zero-order valence-corrected chi connectivity index (χ0v) is 12.5. The fourth-order valence-corrected chi connectivity index (χ4v) is 3.13. The van der Waals surface area contributed by atoms with Crippen LogP contribution in [-0.4, -0.2) is 35.9 Å². The van der Waals surface area contributed by atoms with E-state index in [1.807, 2.05) is 0 Å². The third-order valence-corrected chi connectivity index (χ3v) is 4.72. The number of hydrogen-bond donors (Lipinski definition) is 1. The molecule has 1 amide bonds. The highest BCUT2D eigenvalue weighted by Crippen LogP contribution is 2.33. The van der Waals surface area contributed by atoms with Crippen molar-refractivity contribution in [1.29, 1.82) is 0 Å². The molecule has 2 fully saturated rings. The van der Waals surface area contributed by atoms with Crippen LogP contribution in [0.4, 0.5) is 14.6 Å². The summed E-state index contributed by atoms with van der Waals surface area (Å²) in [7, 11) is 0. The molecule has 2 heterocycles. The normalized spacial score (nSPS) is 20.6. The number of rotatable bonds is 4. The monoisotopic (exact) mass is 309 g/mol. The second kappa shape index (κ2) is 6.18. The number of anilines is 1. The molecule has 1 N–H and O–H groups in total. The summed E-state index contributed by atoms with van der Waals surface area (Å²) in [5.74, 6) is 0.383. The predicted octanol–water partition coefficient (Wildman–Crippen LogP) is 2.99. The Kier molecular flexibility index (Phi) is 4.27. The van der Waals surface area contributed by atoms with E-state index in [1.54, 1.807) is 12.1 Å². The smallest absolute Gasteiger partial charge is 0.261 e. The molecule has 0 radical (unpaired) electrons. The molecule has 0 spiro atoms. The van der Waals surface area contributed by atoms with E-state index in [2.05, 4.69) is 15.2 Å². The minimum absolute atomic E-state index is 0.342. The van der Waals surface area contributed by atoms with E-state index in [9.17, 15) is 13.6 Å². The average Bonchev–Trinajstić information content (AvgIpc) is 2.47. The van der Waals surface area contributed by atoms with Crippen LogP contribution in [-0.2, 0) is 0 Å². The highest BCUT2D eigenvalue weighted by atomic mass is 19.3. The number of carbonyl (C=O) groups is 1. The third-order valence-electron chi connectivity index (χ3n) is 4.72. The molecule has 3 rings (SSSR count). The van der Waals surface area contributed by atoms with Gasteiger partial charge in [0, 0.05) is 19.3 Å². The van der Waals surface area contributed by atoms with E-state index >= 15 is 0 Å². The van der Waals surface area contributed by atoms with Crippen LogP contribution in [0.25, 0.3) is 0 Å². The molecule has 1 saturated heterocycles. The second-order valence-electron chi connectivity index (χ2n) is 6.22. The molecule has 1 aliphatic heterocycles. The molecule has 0 bridgehead atoms. The number of hydrogen-bond acceptors (Lipinski definition) is 3. The maximum atomic E-state index is 13.4. The fourth-order valence-electron chi connectivity index (χ4n) is 3.13. The van der Waals surface area contributed by atoms with Crippen LogP contribution in [0.2, 0.25) is 0 Å². The maximum absolute atomic E-state index is 13.4. The van der Waals surface area contributed by atoms with Crippen molar-refractivity contribution in [3.05, 3.63) is 23.9 Å². The molecule has 1 aromatic heterocycles. The first-order valence-electron chi connectivity index (χ1n) is 7.92. The summed E-state index contributed by atoms with van der Waals surface area (Å²) in [6.45, 7) is 1.96. The average molecular weight is 309 g/mol. The summed E-state index contributed by atoms with van der Waals surface area (Å²) in [6.07, 6.45) is 3.20. The van der Waals surface area contributed by atoms with Gasteiger partial charge in [-0.3, -0.25) is 4.79 Å². The van der Waals surface area contributed by atoms with Crippen molar-refractivity contribution < 1.29 is 13.6 Å². The first-order chi connectivity index (χ1) is 10.6. The van der Waals surface area contributed by atoms with Gasteiger partial charge < -0.3 is 10.2 Å². The molecular weight excluding hydrogens is 288 g/mol. The molecule has 1 aromatic rings. The van der Waals surface area contributed by atoms with Crippen LogP contribution in [0.5, 0.6) is 0 Å². The lowest BCUT2D eigenvalue weighted by atomic mass is 9.81. The first-order valence-corrected chi connectivity index (χ1v) is 7.92. The summed E-state index contributed by atoms with van der Waals surface area (Å²) in [4.78, 5) is 18.7. The summed E-state index contributed by atoms with van der Waals surface area (Å²) in [6, 6.07) is 3.45. The van der Waals surface area contributed by atoms with E-state index in [1.165, 1.54) is 6.20 Å². The lowest BCUT2D eigenvalue weighted by Gasteiger charge is -2.37. The fraction of sp³-hybridized carbons (Fsp3) is 0.625. The Hall–Kier alpha value is -1.72. The lowest BCUT2D eigenvalue weighted by molar-refractivity contribution is 0.00752. The van der Waals surface area contributed by atoms with Gasteiger partial charge in [0.1, 0.15) is 11.4 Å². The largest absolute Gasteiger partial charge is 0.356 e. The van der Waals surface area contributed by atoms with Crippen LogP contribution in [0.3, 0.4) is 0 Å². The number of carbonyl (C=O) groups excluding carboxylic acids is 1. The van der Waals surface area contributed by atoms with Gasteiger partial charge in [0.05, 0.1) is 5.56 Å². The number of aromatic nitrogens is 1. The number of pyridine rings is 1. The molecule has 2 aliphatic rings.